The van der Waals surface area contributed by atoms with Gasteiger partial charge in [-0.3, -0.25) is 0 Å². The van der Waals surface area contributed by atoms with Gasteiger partial charge in [-0.05, 0) is 66.2 Å². The molecule has 1 N–H and O–H groups in total. The molecular weight excluding hydrogens is 315 g/mol. The minimum atomic E-state index is -4.23. The maximum Gasteiger partial charge on any atom is 0.446 e. The number of halogens is 3. The third-order valence-corrected chi connectivity index (χ3v) is 5.05. The minimum absolute atomic E-state index is 0.0810. The number of benzene rings is 1. The molecule has 112 valence electrons. The summed E-state index contributed by atoms with van der Waals surface area (Å²) >= 11 is 1.63. The van der Waals surface area contributed by atoms with Gasteiger partial charge >= 0.3 is 5.51 Å². The molecule has 1 aromatic heterocycles. The second kappa shape index (κ2) is 5.93. The van der Waals surface area contributed by atoms with Crippen LogP contribution in [0.3, 0.4) is 0 Å². The summed E-state index contributed by atoms with van der Waals surface area (Å²) < 4.78 is 36.9. The standard InChI is InChI=1S/C15H14F3NS2/c16-15(17,18)21-12-7-5-11(6-8-12)19-14(10-3-4-10)13-2-1-9-20-13/h1-2,5-10,14,19H,3-4H2. The third-order valence-electron chi connectivity index (χ3n) is 3.35. The summed E-state index contributed by atoms with van der Waals surface area (Å²) in [7, 11) is 0. The first-order valence-electron chi connectivity index (χ1n) is 6.67. The van der Waals surface area contributed by atoms with Crippen LogP contribution in [0.15, 0.2) is 46.7 Å². The lowest BCUT2D eigenvalue weighted by atomic mass is 10.1. The Hall–Kier alpha value is -1.14. The van der Waals surface area contributed by atoms with Crippen LogP contribution in [0.5, 0.6) is 0 Å². The van der Waals surface area contributed by atoms with Crippen LogP contribution in [0.4, 0.5) is 18.9 Å². The lowest BCUT2D eigenvalue weighted by Gasteiger charge is -2.18. The van der Waals surface area contributed by atoms with Crippen molar-refractivity contribution < 1.29 is 13.2 Å². The van der Waals surface area contributed by atoms with Gasteiger partial charge in [0.1, 0.15) is 0 Å². The predicted molar refractivity (Wildman–Crippen MR) is 81.8 cm³/mol. The van der Waals surface area contributed by atoms with Crippen LogP contribution in [0, 0.1) is 5.92 Å². The van der Waals surface area contributed by atoms with E-state index in [0.717, 1.165) is 5.69 Å². The summed E-state index contributed by atoms with van der Waals surface area (Å²) in [6.45, 7) is 0. The zero-order valence-corrected chi connectivity index (χ0v) is 12.7. The lowest BCUT2D eigenvalue weighted by Crippen LogP contribution is -2.11. The fraction of sp³-hybridized carbons (Fsp3) is 0.333. The van der Waals surface area contributed by atoms with Crippen molar-refractivity contribution in [2.75, 3.05) is 5.32 Å². The molecule has 2 aromatic rings. The first-order chi connectivity index (χ1) is 10.0. The number of hydrogen-bond acceptors (Lipinski definition) is 3. The first kappa shape index (κ1) is 14.8. The molecule has 1 aliphatic rings. The van der Waals surface area contributed by atoms with Gasteiger partial charge < -0.3 is 5.32 Å². The maximum atomic E-state index is 12.3. The van der Waals surface area contributed by atoms with E-state index in [0.29, 0.717) is 5.92 Å². The first-order valence-corrected chi connectivity index (χ1v) is 8.37. The van der Waals surface area contributed by atoms with E-state index >= 15 is 0 Å². The topological polar surface area (TPSA) is 12.0 Å². The molecule has 6 heteroatoms. The van der Waals surface area contributed by atoms with Crippen LogP contribution >= 0.6 is 23.1 Å². The van der Waals surface area contributed by atoms with E-state index in [-0.39, 0.29) is 22.7 Å². The highest BCUT2D eigenvalue weighted by Crippen LogP contribution is 2.44. The van der Waals surface area contributed by atoms with E-state index in [1.54, 1.807) is 23.5 Å². The van der Waals surface area contributed by atoms with Gasteiger partial charge in [0.2, 0.25) is 0 Å². The van der Waals surface area contributed by atoms with E-state index in [1.165, 1.54) is 29.9 Å². The highest BCUT2D eigenvalue weighted by atomic mass is 32.2. The van der Waals surface area contributed by atoms with Crippen LogP contribution < -0.4 is 5.32 Å². The Balaban J connectivity index is 1.69. The van der Waals surface area contributed by atoms with Crippen LogP contribution in [0.1, 0.15) is 23.8 Å². The van der Waals surface area contributed by atoms with Crippen LogP contribution in [0.25, 0.3) is 0 Å². The lowest BCUT2D eigenvalue weighted by molar-refractivity contribution is -0.0328. The van der Waals surface area contributed by atoms with E-state index in [4.69, 9.17) is 0 Å². The minimum Gasteiger partial charge on any atom is -0.377 e. The van der Waals surface area contributed by atoms with Gasteiger partial charge in [0.25, 0.3) is 0 Å². The number of anilines is 1. The summed E-state index contributed by atoms with van der Waals surface area (Å²) in [5.41, 5.74) is -3.37. The van der Waals surface area contributed by atoms with Crippen molar-refractivity contribution in [2.45, 2.75) is 29.3 Å². The Labute approximate surface area is 129 Å². The molecule has 1 heterocycles. The highest BCUT2D eigenvalue weighted by molar-refractivity contribution is 8.00. The van der Waals surface area contributed by atoms with E-state index in [1.807, 2.05) is 6.07 Å². The number of hydrogen-bond donors (Lipinski definition) is 1. The number of thiophene rings is 1. The van der Waals surface area contributed by atoms with Crippen molar-refractivity contribution in [3.8, 4) is 0 Å². The van der Waals surface area contributed by atoms with Gasteiger partial charge in [0, 0.05) is 15.5 Å². The number of alkyl halides is 3. The Morgan fingerprint density at radius 3 is 2.38 bits per heavy atom. The molecule has 0 bridgehead atoms. The van der Waals surface area contributed by atoms with Crippen molar-refractivity contribution in [1.82, 2.24) is 0 Å². The summed E-state index contributed by atoms with van der Waals surface area (Å²) in [4.78, 5) is 1.50. The summed E-state index contributed by atoms with van der Waals surface area (Å²) in [5, 5.41) is 5.50. The van der Waals surface area contributed by atoms with Crippen molar-refractivity contribution in [2.24, 2.45) is 5.92 Å². The Morgan fingerprint density at radius 2 is 1.86 bits per heavy atom. The van der Waals surface area contributed by atoms with Gasteiger partial charge in [-0.2, -0.15) is 13.2 Å². The second-order valence-corrected chi connectivity index (χ2v) is 7.16. The molecule has 0 amide bonds. The normalized spacial score (nSPS) is 16.7. The SMILES string of the molecule is FC(F)(F)Sc1ccc(NC(c2cccs2)C2CC2)cc1. The molecule has 1 nitrogen and oxygen atoms in total. The van der Waals surface area contributed by atoms with Gasteiger partial charge in [-0.1, -0.05) is 6.07 Å². The van der Waals surface area contributed by atoms with Crippen molar-refractivity contribution in [3.63, 3.8) is 0 Å². The zero-order valence-electron chi connectivity index (χ0n) is 11.1. The predicted octanol–water partition coefficient (Wildman–Crippen LogP) is 5.92. The third kappa shape index (κ3) is 4.17. The van der Waals surface area contributed by atoms with Gasteiger partial charge in [-0.25, -0.2) is 0 Å². The molecule has 1 atom stereocenters. The number of rotatable bonds is 5. The molecule has 1 fully saturated rings. The number of thioether (sulfide) groups is 1. The molecular formula is C15H14F3NS2. The molecule has 3 rings (SSSR count). The van der Waals surface area contributed by atoms with Crippen molar-refractivity contribution in [3.05, 3.63) is 46.7 Å². The molecule has 0 aliphatic heterocycles. The molecule has 21 heavy (non-hydrogen) atoms. The van der Waals surface area contributed by atoms with Crippen LogP contribution in [0.2, 0.25) is 0 Å². The summed E-state index contributed by atoms with van der Waals surface area (Å²) in [5.74, 6) is 0.632. The van der Waals surface area contributed by atoms with Gasteiger partial charge in [0.15, 0.2) is 0 Å². The summed E-state index contributed by atoms with van der Waals surface area (Å²) in [6, 6.07) is 10.9. The number of nitrogens with one attached hydrogen (secondary N) is 1. The smallest absolute Gasteiger partial charge is 0.377 e. The van der Waals surface area contributed by atoms with Crippen molar-refractivity contribution in [1.29, 1.82) is 0 Å². The quantitative estimate of drug-likeness (QED) is 0.683. The maximum absolute atomic E-state index is 12.3. The van der Waals surface area contributed by atoms with Gasteiger partial charge in [-0.15, -0.1) is 11.3 Å². The fourth-order valence-corrected chi connectivity index (χ4v) is 3.66. The van der Waals surface area contributed by atoms with Gasteiger partial charge in [0.05, 0.1) is 6.04 Å². The molecule has 1 aromatic carbocycles. The Morgan fingerprint density at radius 1 is 1.14 bits per heavy atom. The Kier molecular flexibility index (Phi) is 4.17. The van der Waals surface area contributed by atoms with E-state index < -0.39 is 5.51 Å². The zero-order chi connectivity index (χ0) is 14.9. The molecule has 1 aliphatic carbocycles. The monoisotopic (exact) mass is 329 g/mol. The second-order valence-electron chi connectivity index (χ2n) is 5.05. The molecule has 0 radical (unpaired) electrons. The molecule has 0 spiro atoms. The van der Waals surface area contributed by atoms with Crippen LogP contribution in [-0.4, -0.2) is 5.51 Å². The molecule has 0 saturated heterocycles. The largest absolute Gasteiger partial charge is 0.446 e. The average Bonchev–Trinajstić information content (AvgIpc) is 3.11. The van der Waals surface area contributed by atoms with E-state index in [2.05, 4.69) is 16.8 Å². The molecule has 1 unspecified atom stereocenters. The van der Waals surface area contributed by atoms with E-state index in [9.17, 15) is 13.2 Å². The van der Waals surface area contributed by atoms with Crippen LogP contribution in [-0.2, 0) is 0 Å². The summed E-state index contributed by atoms with van der Waals surface area (Å²) in [6.07, 6.45) is 2.41. The Bertz CT molecular complexity index is 574. The fourth-order valence-electron chi connectivity index (χ4n) is 2.25. The average molecular weight is 329 g/mol. The molecule has 1 saturated carbocycles. The highest BCUT2D eigenvalue weighted by Gasteiger charge is 2.33. The van der Waals surface area contributed by atoms with Crippen molar-refractivity contribution >= 4 is 28.8 Å².